The molecule has 2 aliphatic rings. The number of hydrogen-bond acceptors (Lipinski definition) is 22. The SMILES string of the molecule is C=CCC(C)C.C=CC[C@@H](C)CC(=O)OCC.CC1O[C@@H](OC(=N)C(Cl)(Cl)Cl)C(OC(=O)c2ccccc2)C[C@H]1C.CCOC(=O)C[C@H](C)C/C=C/CC(C)C.CCOC(=O)C[C@H](C)CCCC[C@H](C)O.CCOC(=O)C[C@H](C)CCCC[C@H](C)O.CCOC(=O)C[C@H](O)CCCC[C@H](C)O[C@@H]1OC(C)[C@H](C)CC1OC(=O)c1ccccc1. The Morgan fingerprint density at radius 2 is 0.780 bits per heavy atom. The highest BCUT2D eigenvalue weighted by Crippen LogP contribution is 2.34. The van der Waals surface area contributed by atoms with E-state index in [1.54, 1.807) is 61.5 Å². The molecule has 0 radical (unpaired) electrons. The second kappa shape index (κ2) is 71.6. The second-order valence-electron chi connectivity index (χ2n) is 31.8. The fourth-order valence-corrected chi connectivity index (χ4v) is 11.7. The molecule has 0 bridgehead atoms. The molecular weight excluding hydrogens is 1570 g/mol. The van der Waals surface area contributed by atoms with Gasteiger partial charge in [0.2, 0.25) is 12.2 Å². The highest BCUT2D eigenvalue weighted by atomic mass is 35.6. The van der Waals surface area contributed by atoms with Crippen LogP contribution in [0.2, 0.25) is 0 Å². The van der Waals surface area contributed by atoms with Crippen molar-refractivity contribution < 1.29 is 101 Å². The number of aliphatic hydroxyl groups excluding tert-OH is 3. The zero-order chi connectivity index (χ0) is 90.1. The monoisotopic (exact) mass is 1730 g/mol. The molecular formula is C93H156Cl3NO21. The predicted molar refractivity (Wildman–Crippen MR) is 473 cm³/mol. The number of hydrogen-bond donors (Lipinski definition) is 4. The number of carbonyl (C=O) groups excluding carboxylic acids is 7. The highest BCUT2D eigenvalue weighted by molar-refractivity contribution is 6.76. The Morgan fingerprint density at radius 1 is 0.449 bits per heavy atom. The number of nitrogens with one attached hydrogen (secondary N) is 1. The standard InChI is InChI=1S/C25H38O7.C16H18Cl3NO4.C13H24O2.2C12H24O3.C9H16O2.C6H12/c1-5-29-23(27)16-21(26)14-10-9-11-18(3)30-25-22(15-17(2)19(4)31-25)32-24(28)20-12-7-6-8-13-20;1-9-8-12(23-13(21)11-6-4-3-5-7-11)14(22-10(9)2)24-15(20)16(17,18)19;1-5-15-13(14)10-12(4)9-7-6-8-11(2)3;2*1-4-15-12(14)9-10(2)7-5-6-8-11(3)13;1-4-6-8(3)7-9(10)11-5-2;1-4-5-6(2)3/h6-8,12-13,17-19,21-22,25-26H,5,9-11,14-16H2,1-4H3;3-7,9-10,12,14,20H,8H2,1-2H3;6-7,11-12H,5,8-10H2,1-4H3;2*10-11,13H,4-9H2,1-3H3;4,8H,1,5-7H2,2-3H3;4,6H,1,5H2,2-3H3/b;;7-6+;;;;/t17-,18+,19?,21-,22?,25-;9-,10?,12?,14+;12-;2*10-,11+;8-;/m111111./s1. The lowest BCUT2D eigenvalue weighted by Crippen LogP contribution is -2.47. The van der Waals surface area contributed by atoms with E-state index in [0.29, 0.717) is 119 Å². The first kappa shape index (κ1) is 116. The lowest BCUT2D eigenvalue weighted by molar-refractivity contribution is -0.263. The van der Waals surface area contributed by atoms with Crippen LogP contribution in [0.15, 0.2) is 98.1 Å². The predicted octanol–water partition coefficient (Wildman–Crippen LogP) is 21.6. The second-order valence-corrected chi connectivity index (χ2v) is 34.1. The van der Waals surface area contributed by atoms with Crippen molar-refractivity contribution in [3.63, 3.8) is 0 Å². The fraction of sp³-hybridized carbons (Fsp3) is 0.720. The van der Waals surface area contributed by atoms with Gasteiger partial charge in [-0.05, 0) is 205 Å². The number of allylic oxidation sites excluding steroid dienone is 4. The zero-order valence-electron chi connectivity index (χ0n) is 75.5. The molecule has 2 aliphatic heterocycles. The van der Waals surface area contributed by atoms with Gasteiger partial charge in [0.25, 0.3) is 3.79 Å². The molecule has 680 valence electrons. The Morgan fingerprint density at radius 3 is 1.14 bits per heavy atom. The maximum Gasteiger partial charge on any atom is 0.338 e. The molecule has 0 aromatic heterocycles. The first-order chi connectivity index (χ1) is 55.6. The number of rotatable bonds is 45. The van der Waals surface area contributed by atoms with E-state index in [1.807, 2.05) is 94.4 Å². The molecule has 2 saturated heterocycles. The van der Waals surface area contributed by atoms with Gasteiger partial charge in [-0.2, -0.15) is 0 Å². The molecule has 118 heavy (non-hydrogen) atoms. The van der Waals surface area contributed by atoms with Crippen LogP contribution in [-0.2, 0) is 76.1 Å². The molecule has 0 aliphatic carbocycles. The van der Waals surface area contributed by atoms with E-state index in [2.05, 4.69) is 80.7 Å². The van der Waals surface area contributed by atoms with E-state index in [-0.39, 0.29) is 84.6 Å². The summed E-state index contributed by atoms with van der Waals surface area (Å²) in [5.74, 6) is 1.17. The summed E-state index contributed by atoms with van der Waals surface area (Å²) in [6, 6.07) is 17.5. The number of aliphatic hydroxyl groups is 3. The van der Waals surface area contributed by atoms with Crippen LogP contribution < -0.4 is 0 Å². The van der Waals surface area contributed by atoms with Crippen LogP contribution in [-0.4, -0.2) is 161 Å². The Labute approximate surface area is 725 Å². The van der Waals surface area contributed by atoms with E-state index in [9.17, 15) is 38.7 Å². The number of ether oxygens (including phenoxy) is 11. The van der Waals surface area contributed by atoms with Crippen LogP contribution in [0.3, 0.4) is 0 Å². The van der Waals surface area contributed by atoms with Gasteiger partial charge in [-0.3, -0.25) is 29.4 Å². The van der Waals surface area contributed by atoms with E-state index in [0.717, 1.165) is 102 Å². The number of benzene rings is 2. The summed E-state index contributed by atoms with van der Waals surface area (Å²) in [6.45, 7) is 49.0. The summed E-state index contributed by atoms with van der Waals surface area (Å²) in [7, 11) is 0. The molecule has 0 amide bonds. The summed E-state index contributed by atoms with van der Waals surface area (Å²) < 4.78 is 56.7. The minimum absolute atomic E-state index is 0.0110. The minimum Gasteiger partial charge on any atom is -0.466 e. The van der Waals surface area contributed by atoms with Crippen molar-refractivity contribution in [2.75, 3.05) is 33.0 Å². The van der Waals surface area contributed by atoms with Gasteiger partial charge in [0.1, 0.15) is 0 Å². The molecule has 16 atom stereocenters. The lowest BCUT2D eigenvalue weighted by Gasteiger charge is -2.39. The average Bonchev–Trinajstić information content (AvgIpc) is 0.826. The lowest BCUT2D eigenvalue weighted by atomic mass is 9.95. The van der Waals surface area contributed by atoms with E-state index in [1.165, 1.54) is 0 Å². The molecule has 2 aromatic carbocycles. The van der Waals surface area contributed by atoms with Crippen molar-refractivity contribution in [2.24, 2.45) is 47.3 Å². The maximum absolute atomic E-state index is 12.5. The van der Waals surface area contributed by atoms with E-state index >= 15 is 0 Å². The van der Waals surface area contributed by atoms with Crippen molar-refractivity contribution in [3.05, 3.63) is 109 Å². The number of carbonyl (C=O) groups is 7. The average molecular weight is 1730 g/mol. The molecule has 25 heteroatoms. The molecule has 0 saturated carbocycles. The minimum atomic E-state index is -2.01. The van der Waals surface area contributed by atoms with Crippen molar-refractivity contribution in [1.29, 1.82) is 5.41 Å². The number of halogens is 3. The summed E-state index contributed by atoms with van der Waals surface area (Å²) >= 11 is 16.9. The number of unbranched alkanes of at least 4 members (excludes halogenated alkanes) is 3. The molecule has 22 nitrogen and oxygen atoms in total. The third kappa shape index (κ3) is 65.8. The number of alkyl halides is 3. The fourth-order valence-electron chi connectivity index (χ4n) is 11.6. The summed E-state index contributed by atoms with van der Waals surface area (Å²) in [5, 5.41) is 35.7. The Kier molecular flexibility index (Phi) is 70.5. The van der Waals surface area contributed by atoms with Gasteiger partial charge in [0, 0.05) is 25.7 Å². The van der Waals surface area contributed by atoms with Crippen molar-refractivity contribution in [1.82, 2.24) is 0 Å². The van der Waals surface area contributed by atoms with Crippen molar-refractivity contribution >= 4 is 82.5 Å². The van der Waals surface area contributed by atoms with Gasteiger partial charge in [-0.15, -0.1) is 13.2 Å². The zero-order valence-corrected chi connectivity index (χ0v) is 77.8. The van der Waals surface area contributed by atoms with Gasteiger partial charge in [0.15, 0.2) is 18.5 Å². The maximum atomic E-state index is 12.5. The quantitative estimate of drug-likeness (QED) is 0.00910. The van der Waals surface area contributed by atoms with Crippen molar-refractivity contribution in [3.8, 4) is 0 Å². The molecule has 2 fully saturated rings. The Hall–Kier alpha value is -5.95. The third-order valence-corrected chi connectivity index (χ3v) is 19.1. The van der Waals surface area contributed by atoms with Gasteiger partial charge in [-0.1, -0.05) is 216 Å². The van der Waals surface area contributed by atoms with Gasteiger partial charge < -0.3 is 67.4 Å². The molecule has 4 rings (SSSR count). The summed E-state index contributed by atoms with van der Waals surface area (Å²) in [5.41, 5.74) is 0.922. The van der Waals surface area contributed by atoms with Crippen LogP contribution >= 0.6 is 34.8 Å². The third-order valence-electron chi connectivity index (χ3n) is 18.6. The summed E-state index contributed by atoms with van der Waals surface area (Å²) in [6.07, 6.45) is 22.3. The van der Waals surface area contributed by atoms with E-state index in [4.69, 9.17) is 103 Å². The van der Waals surface area contributed by atoms with Crippen LogP contribution in [0, 0.1) is 52.8 Å². The Bertz CT molecular complexity index is 2930. The summed E-state index contributed by atoms with van der Waals surface area (Å²) in [4.78, 5) is 80.5. The molecule has 2 heterocycles. The van der Waals surface area contributed by atoms with Crippen LogP contribution in [0.5, 0.6) is 0 Å². The first-order valence-corrected chi connectivity index (χ1v) is 44.3. The van der Waals surface area contributed by atoms with Gasteiger partial charge >= 0.3 is 41.8 Å². The Balaban J connectivity index is -0.00000137. The molecule has 0 spiro atoms. The molecule has 4 unspecified atom stereocenters. The van der Waals surface area contributed by atoms with E-state index < -0.39 is 46.6 Å². The van der Waals surface area contributed by atoms with Crippen LogP contribution in [0.25, 0.3) is 0 Å². The van der Waals surface area contributed by atoms with Gasteiger partial charge in [-0.25, -0.2) is 9.59 Å². The number of esters is 7. The topological polar surface area (TPSA) is 306 Å². The van der Waals surface area contributed by atoms with Crippen LogP contribution in [0.1, 0.15) is 307 Å². The molecule has 2 aromatic rings. The van der Waals surface area contributed by atoms with Crippen molar-refractivity contribution in [2.45, 2.75) is 351 Å². The largest absolute Gasteiger partial charge is 0.466 e. The van der Waals surface area contributed by atoms with Gasteiger partial charge in [0.05, 0.1) is 87.2 Å². The highest BCUT2D eigenvalue weighted by Gasteiger charge is 2.42. The normalized spacial score (nSPS) is 19.4. The first-order valence-electron chi connectivity index (χ1n) is 43.1. The smallest absolute Gasteiger partial charge is 0.338 e. The van der Waals surface area contributed by atoms with Crippen LogP contribution in [0.4, 0.5) is 0 Å². The molecule has 4 N–H and O–H groups in total.